The molecule has 1 N–H and O–H groups in total. The highest BCUT2D eigenvalue weighted by Gasteiger charge is 2.22. The number of methoxy groups -OCH3 is 2. The minimum atomic E-state index is -0.241. The second-order valence-electron chi connectivity index (χ2n) is 7.98. The Bertz CT molecular complexity index is 1210. The summed E-state index contributed by atoms with van der Waals surface area (Å²) in [5.41, 5.74) is 4.41. The number of aliphatic hydroxyl groups excluding tert-OH is 1. The van der Waals surface area contributed by atoms with Gasteiger partial charge < -0.3 is 19.5 Å². The third-order valence-corrected chi connectivity index (χ3v) is 5.91. The quantitative estimate of drug-likeness (QED) is 0.515. The molecule has 0 atom stereocenters. The minimum Gasteiger partial charge on any atom is -0.497 e. The summed E-state index contributed by atoms with van der Waals surface area (Å²) in [6, 6.07) is 20.0. The molecule has 1 aliphatic rings. The van der Waals surface area contributed by atoms with Crippen LogP contribution < -0.4 is 14.4 Å². The molecule has 32 heavy (non-hydrogen) atoms. The van der Waals surface area contributed by atoms with Crippen LogP contribution >= 0.6 is 0 Å². The van der Waals surface area contributed by atoms with Gasteiger partial charge >= 0.3 is 0 Å². The Hall–Kier alpha value is -3.58. The van der Waals surface area contributed by atoms with Crippen molar-refractivity contribution in [1.29, 1.82) is 0 Å². The Morgan fingerprint density at radius 3 is 2.19 bits per heavy atom. The lowest BCUT2D eigenvalue weighted by Gasteiger charge is -2.31. The van der Waals surface area contributed by atoms with Gasteiger partial charge in [-0.2, -0.15) is 9.61 Å². The average Bonchev–Trinajstić information content (AvgIpc) is 3.28. The Kier molecular flexibility index (Phi) is 5.41. The Balaban J connectivity index is 1.66. The molecule has 2 aromatic heterocycles. The zero-order valence-corrected chi connectivity index (χ0v) is 18.2. The van der Waals surface area contributed by atoms with Crippen molar-refractivity contribution < 1.29 is 14.6 Å². The molecule has 5 rings (SSSR count). The van der Waals surface area contributed by atoms with Crippen molar-refractivity contribution in [3.8, 4) is 34.0 Å². The van der Waals surface area contributed by atoms with E-state index in [-0.39, 0.29) is 6.10 Å². The maximum Gasteiger partial charge on any atom is 0.158 e. The standard InChI is InChI=1S/C25H26N4O3/c1-31-20-12-18(13-21(14-20)32-2)23-15-24-26-22(17-6-4-3-5-7-17)16-25(29(24)27-23)28-10-8-19(30)9-11-28/h3-7,12-16,19,30H,8-11H2,1-2H3. The molecule has 0 bridgehead atoms. The van der Waals surface area contributed by atoms with Gasteiger partial charge in [0.05, 0.1) is 31.7 Å². The van der Waals surface area contributed by atoms with Gasteiger partial charge in [-0.3, -0.25) is 0 Å². The number of aliphatic hydroxyl groups is 1. The minimum absolute atomic E-state index is 0.241. The Labute approximate surface area is 186 Å². The van der Waals surface area contributed by atoms with Gasteiger partial charge in [-0.25, -0.2) is 4.98 Å². The predicted octanol–water partition coefficient (Wildman–Crippen LogP) is 4.04. The summed E-state index contributed by atoms with van der Waals surface area (Å²) in [6.07, 6.45) is 1.24. The van der Waals surface area contributed by atoms with E-state index >= 15 is 0 Å². The number of ether oxygens (including phenoxy) is 2. The maximum atomic E-state index is 9.99. The van der Waals surface area contributed by atoms with Crippen molar-refractivity contribution >= 4 is 11.5 Å². The number of hydrogen-bond acceptors (Lipinski definition) is 6. The van der Waals surface area contributed by atoms with Gasteiger partial charge in [0.25, 0.3) is 0 Å². The summed E-state index contributed by atoms with van der Waals surface area (Å²) < 4.78 is 12.8. The van der Waals surface area contributed by atoms with Crippen LogP contribution in [0.5, 0.6) is 11.5 Å². The summed E-state index contributed by atoms with van der Waals surface area (Å²) in [5.74, 6) is 2.39. The van der Waals surface area contributed by atoms with Crippen LogP contribution in [0, 0.1) is 0 Å². The number of nitrogens with zero attached hydrogens (tertiary/aromatic N) is 4. The third-order valence-electron chi connectivity index (χ3n) is 5.91. The van der Waals surface area contributed by atoms with E-state index < -0.39 is 0 Å². The van der Waals surface area contributed by atoms with Crippen LogP contribution in [0.15, 0.2) is 60.7 Å². The number of rotatable bonds is 5. The van der Waals surface area contributed by atoms with Crippen molar-refractivity contribution in [2.45, 2.75) is 18.9 Å². The van der Waals surface area contributed by atoms with Gasteiger partial charge in [0.15, 0.2) is 5.65 Å². The van der Waals surface area contributed by atoms with E-state index in [1.165, 1.54) is 0 Å². The van der Waals surface area contributed by atoms with Crippen molar-refractivity contribution in [2.75, 3.05) is 32.2 Å². The van der Waals surface area contributed by atoms with Crippen LogP contribution in [0.1, 0.15) is 12.8 Å². The molecule has 2 aromatic carbocycles. The lowest BCUT2D eigenvalue weighted by Crippen LogP contribution is -2.37. The highest BCUT2D eigenvalue weighted by atomic mass is 16.5. The molecule has 0 spiro atoms. The van der Waals surface area contributed by atoms with E-state index in [9.17, 15) is 5.11 Å². The van der Waals surface area contributed by atoms with E-state index in [1.54, 1.807) is 14.2 Å². The van der Waals surface area contributed by atoms with Crippen LogP contribution in [0.4, 0.5) is 5.82 Å². The van der Waals surface area contributed by atoms with E-state index in [2.05, 4.69) is 23.1 Å². The van der Waals surface area contributed by atoms with Crippen LogP contribution in [-0.2, 0) is 0 Å². The normalized spacial score (nSPS) is 14.7. The van der Waals surface area contributed by atoms with Crippen LogP contribution in [0.3, 0.4) is 0 Å². The highest BCUT2D eigenvalue weighted by molar-refractivity contribution is 5.72. The molecule has 0 radical (unpaired) electrons. The smallest absolute Gasteiger partial charge is 0.158 e. The number of piperidine rings is 1. The van der Waals surface area contributed by atoms with Crippen molar-refractivity contribution in [3.63, 3.8) is 0 Å². The molecule has 7 heteroatoms. The summed E-state index contributed by atoms with van der Waals surface area (Å²) in [5, 5.41) is 14.9. The zero-order chi connectivity index (χ0) is 22.1. The molecule has 164 valence electrons. The third kappa shape index (κ3) is 3.87. The van der Waals surface area contributed by atoms with E-state index in [1.807, 2.05) is 47.0 Å². The number of hydrogen-bond donors (Lipinski definition) is 1. The van der Waals surface area contributed by atoms with Gasteiger partial charge in [0, 0.05) is 42.4 Å². The molecule has 4 aromatic rings. The molecule has 7 nitrogen and oxygen atoms in total. The average molecular weight is 431 g/mol. The van der Waals surface area contributed by atoms with Crippen LogP contribution in [-0.4, -0.2) is 53.1 Å². The summed E-state index contributed by atoms with van der Waals surface area (Å²) in [6.45, 7) is 1.55. The molecular weight excluding hydrogens is 404 g/mol. The fraction of sp³-hybridized carbons (Fsp3) is 0.280. The van der Waals surface area contributed by atoms with Gasteiger partial charge in [-0.15, -0.1) is 0 Å². The number of anilines is 1. The first-order valence-corrected chi connectivity index (χ1v) is 10.8. The summed E-state index contributed by atoms with van der Waals surface area (Å²) >= 11 is 0. The summed E-state index contributed by atoms with van der Waals surface area (Å²) in [4.78, 5) is 7.18. The first kappa shape index (κ1) is 20.3. The molecule has 0 unspecified atom stereocenters. The first-order chi connectivity index (χ1) is 15.6. The van der Waals surface area contributed by atoms with E-state index in [0.29, 0.717) is 11.5 Å². The lowest BCUT2D eigenvalue weighted by molar-refractivity contribution is 0.145. The molecule has 0 amide bonds. The molecular formula is C25H26N4O3. The number of fused-ring (bicyclic) bond motifs is 1. The molecule has 1 saturated heterocycles. The molecule has 0 saturated carbocycles. The fourth-order valence-electron chi connectivity index (χ4n) is 4.13. The van der Waals surface area contributed by atoms with Crippen molar-refractivity contribution in [1.82, 2.24) is 14.6 Å². The highest BCUT2D eigenvalue weighted by Crippen LogP contribution is 2.32. The molecule has 1 fully saturated rings. The fourth-order valence-corrected chi connectivity index (χ4v) is 4.13. The maximum absolute atomic E-state index is 9.99. The van der Waals surface area contributed by atoms with Crippen LogP contribution in [0.25, 0.3) is 28.2 Å². The zero-order valence-electron chi connectivity index (χ0n) is 18.2. The van der Waals surface area contributed by atoms with Crippen LogP contribution in [0.2, 0.25) is 0 Å². The van der Waals surface area contributed by atoms with E-state index in [4.69, 9.17) is 19.6 Å². The van der Waals surface area contributed by atoms with Crippen molar-refractivity contribution in [3.05, 3.63) is 60.7 Å². The second kappa shape index (κ2) is 8.51. The predicted molar refractivity (Wildman–Crippen MR) is 124 cm³/mol. The second-order valence-corrected chi connectivity index (χ2v) is 7.98. The van der Waals surface area contributed by atoms with E-state index in [0.717, 1.165) is 59.9 Å². The van der Waals surface area contributed by atoms with Gasteiger partial charge in [0.1, 0.15) is 17.3 Å². The molecule has 0 aliphatic carbocycles. The molecule has 3 heterocycles. The topological polar surface area (TPSA) is 72.1 Å². The van der Waals surface area contributed by atoms with Gasteiger partial charge in [-0.05, 0) is 25.0 Å². The SMILES string of the molecule is COc1cc(OC)cc(-c2cc3nc(-c4ccccc4)cc(N4CCC(O)CC4)n3n2)c1. The Morgan fingerprint density at radius 1 is 0.844 bits per heavy atom. The summed E-state index contributed by atoms with van der Waals surface area (Å²) in [7, 11) is 3.28. The Morgan fingerprint density at radius 2 is 1.53 bits per heavy atom. The monoisotopic (exact) mass is 430 g/mol. The first-order valence-electron chi connectivity index (χ1n) is 10.8. The van der Waals surface area contributed by atoms with Gasteiger partial charge in [-0.1, -0.05) is 30.3 Å². The largest absolute Gasteiger partial charge is 0.497 e. The van der Waals surface area contributed by atoms with Crippen molar-refractivity contribution in [2.24, 2.45) is 0 Å². The number of benzene rings is 2. The number of aromatic nitrogens is 3. The lowest BCUT2D eigenvalue weighted by atomic mass is 10.1. The van der Waals surface area contributed by atoms with Gasteiger partial charge in [0.2, 0.25) is 0 Å². The molecule has 1 aliphatic heterocycles.